The standard InChI is InChI=1S/C14H16N4.C11H12ClFN2O/c1-10-3-2-6-18(9-10)13-11(7-15)8-17-14-12(13)4-5-16-14;12-7-4-8(13)6-9(5-7)15-10-2-1-3-14-11(10)16/h4-5,8,10H,2-3,6,9H2,1H3,(H,16,17);4-6,10,15H,1-3H2,(H,14,16)/t10-;/m1./s1. The number of carbonyl (C=O) groups excluding carboxylic acids is 1. The second kappa shape index (κ2) is 10.7. The molecule has 0 spiro atoms. The van der Waals surface area contributed by atoms with Gasteiger partial charge in [0.05, 0.1) is 11.3 Å². The van der Waals surface area contributed by atoms with Crippen LogP contribution in [0.1, 0.15) is 38.2 Å². The molecule has 7 nitrogen and oxygen atoms in total. The van der Waals surface area contributed by atoms with Crippen LogP contribution in [0.3, 0.4) is 0 Å². The van der Waals surface area contributed by atoms with Crippen molar-refractivity contribution < 1.29 is 9.18 Å². The molecule has 178 valence electrons. The van der Waals surface area contributed by atoms with E-state index in [4.69, 9.17) is 11.6 Å². The minimum absolute atomic E-state index is 0.0494. The van der Waals surface area contributed by atoms with Gasteiger partial charge in [-0.2, -0.15) is 5.26 Å². The average molecular weight is 483 g/mol. The van der Waals surface area contributed by atoms with Crippen LogP contribution >= 0.6 is 11.6 Å². The van der Waals surface area contributed by atoms with Crippen LogP contribution in [-0.2, 0) is 4.79 Å². The Morgan fingerprint density at radius 1 is 1.29 bits per heavy atom. The molecule has 0 aliphatic carbocycles. The largest absolute Gasteiger partial charge is 0.374 e. The van der Waals surface area contributed by atoms with Crippen molar-refractivity contribution in [2.75, 3.05) is 29.9 Å². The zero-order valence-electron chi connectivity index (χ0n) is 19.1. The number of aromatic amines is 1. The van der Waals surface area contributed by atoms with Gasteiger partial charge in [-0.15, -0.1) is 0 Å². The minimum atomic E-state index is -0.411. The third-order valence-electron chi connectivity index (χ3n) is 6.14. The number of piperidine rings is 2. The number of benzene rings is 1. The number of nitrogens with zero attached hydrogens (tertiary/aromatic N) is 3. The average Bonchev–Trinajstić information content (AvgIpc) is 3.28. The number of H-pyrrole nitrogens is 1. The van der Waals surface area contributed by atoms with E-state index in [1.807, 2.05) is 12.3 Å². The summed E-state index contributed by atoms with van der Waals surface area (Å²) in [6.45, 7) is 5.04. The summed E-state index contributed by atoms with van der Waals surface area (Å²) in [6, 6.07) is 8.14. The van der Waals surface area contributed by atoms with Gasteiger partial charge in [-0.1, -0.05) is 18.5 Å². The maximum atomic E-state index is 13.1. The van der Waals surface area contributed by atoms with Gasteiger partial charge in [0, 0.05) is 48.1 Å². The van der Waals surface area contributed by atoms with Crippen LogP contribution in [0.2, 0.25) is 5.02 Å². The molecule has 9 heteroatoms. The first-order valence-electron chi connectivity index (χ1n) is 11.6. The van der Waals surface area contributed by atoms with Gasteiger partial charge in [-0.05, 0) is 55.9 Å². The fourth-order valence-corrected chi connectivity index (χ4v) is 4.78. The van der Waals surface area contributed by atoms with Crippen molar-refractivity contribution in [3.63, 3.8) is 0 Å². The Morgan fingerprint density at radius 2 is 2.15 bits per heavy atom. The molecule has 4 heterocycles. The highest BCUT2D eigenvalue weighted by molar-refractivity contribution is 6.30. The summed E-state index contributed by atoms with van der Waals surface area (Å²) < 4.78 is 13.1. The molecule has 2 aromatic heterocycles. The molecule has 3 N–H and O–H groups in total. The first-order valence-corrected chi connectivity index (χ1v) is 11.9. The molecule has 0 saturated carbocycles. The van der Waals surface area contributed by atoms with Crippen molar-refractivity contribution in [1.29, 1.82) is 5.26 Å². The van der Waals surface area contributed by atoms with Gasteiger partial charge < -0.3 is 20.5 Å². The molecule has 2 atom stereocenters. The first kappa shape index (κ1) is 23.8. The number of hydrogen-bond acceptors (Lipinski definition) is 5. The summed E-state index contributed by atoms with van der Waals surface area (Å²) in [6.07, 6.45) is 7.70. The molecule has 3 aromatic rings. The van der Waals surface area contributed by atoms with Crippen molar-refractivity contribution in [3.8, 4) is 6.07 Å². The Morgan fingerprint density at radius 3 is 2.88 bits per heavy atom. The van der Waals surface area contributed by atoms with Gasteiger partial charge in [-0.25, -0.2) is 9.37 Å². The van der Waals surface area contributed by atoms with E-state index in [0.29, 0.717) is 28.7 Å². The number of amides is 1. The zero-order chi connectivity index (χ0) is 24.1. The molecule has 34 heavy (non-hydrogen) atoms. The number of fused-ring (bicyclic) bond motifs is 1. The topological polar surface area (TPSA) is 96.8 Å². The van der Waals surface area contributed by atoms with Crippen LogP contribution in [0, 0.1) is 23.1 Å². The van der Waals surface area contributed by atoms with Gasteiger partial charge in [0.2, 0.25) is 5.91 Å². The van der Waals surface area contributed by atoms with Crippen LogP contribution in [0.5, 0.6) is 0 Å². The van der Waals surface area contributed by atoms with E-state index in [1.165, 1.54) is 25.0 Å². The Hall–Kier alpha value is -3.31. The molecule has 2 aliphatic heterocycles. The molecule has 2 aliphatic rings. The summed E-state index contributed by atoms with van der Waals surface area (Å²) in [4.78, 5) is 21.2. The first-order chi connectivity index (χ1) is 16.4. The number of anilines is 2. The van der Waals surface area contributed by atoms with E-state index in [1.54, 1.807) is 12.3 Å². The maximum Gasteiger partial charge on any atom is 0.242 e. The lowest BCUT2D eigenvalue weighted by Crippen LogP contribution is -2.44. The molecule has 1 amide bonds. The van der Waals surface area contributed by atoms with Gasteiger partial charge in [-0.3, -0.25) is 4.79 Å². The fraction of sp³-hybridized carbons (Fsp3) is 0.400. The van der Waals surface area contributed by atoms with E-state index in [-0.39, 0.29) is 11.9 Å². The van der Waals surface area contributed by atoms with Crippen LogP contribution < -0.4 is 15.5 Å². The lowest BCUT2D eigenvalue weighted by Gasteiger charge is -2.33. The molecule has 0 bridgehead atoms. The number of pyridine rings is 1. The van der Waals surface area contributed by atoms with Crippen molar-refractivity contribution in [1.82, 2.24) is 15.3 Å². The lowest BCUT2D eigenvalue weighted by molar-refractivity contribution is -0.123. The molecule has 2 saturated heterocycles. The van der Waals surface area contributed by atoms with Crippen molar-refractivity contribution in [3.05, 3.63) is 53.1 Å². The van der Waals surface area contributed by atoms with Crippen LogP contribution in [0.25, 0.3) is 11.0 Å². The van der Waals surface area contributed by atoms with Crippen molar-refractivity contribution in [2.24, 2.45) is 5.92 Å². The van der Waals surface area contributed by atoms with Gasteiger partial charge in [0.25, 0.3) is 0 Å². The van der Waals surface area contributed by atoms with Crippen molar-refractivity contribution in [2.45, 2.75) is 38.6 Å². The minimum Gasteiger partial charge on any atom is -0.374 e. The molecule has 1 aromatic carbocycles. The van der Waals surface area contributed by atoms with Gasteiger partial charge >= 0.3 is 0 Å². The highest BCUT2D eigenvalue weighted by atomic mass is 35.5. The maximum absolute atomic E-state index is 13.1. The van der Waals surface area contributed by atoms with E-state index in [0.717, 1.165) is 42.7 Å². The predicted octanol–water partition coefficient (Wildman–Crippen LogP) is 4.84. The van der Waals surface area contributed by atoms with Crippen molar-refractivity contribution >= 4 is 39.9 Å². The summed E-state index contributed by atoms with van der Waals surface area (Å²) in [7, 11) is 0. The normalized spacial score (nSPS) is 20.2. The van der Waals surface area contributed by atoms with Crippen LogP contribution in [0.15, 0.2) is 36.7 Å². The third kappa shape index (κ3) is 5.60. The van der Waals surface area contributed by atoms with Crippen LogP contribution in [-0.4, -0.2) is 41.6 Å². The van der Waals surface area contributed by atoms with Gasteiger partial charge in [0.1, 0.15) is 23.6 Å². The molecular weight excluding hydrogens is 455 g/mol. The Bertz CT molecular complexity index is 1190. The molecule has 1 unspecified atom stereocenters. The van der Waals surface area contributed by atoms with E-state index in [9.17, 15) is 14.4 Å². The van der Waals surface area contributed by atoms with E-state index < -0.39 is 5.82 Å². The Kier molecular flexibility index (Phi) is 7.53. The van der Waals surface area contributed by atoms with E-state index >= 15 is 0 Å². The highest BCUT2D eigenvalue weighted by Gasteiger charge is 2.22. The summed E-state index contributed by atoms with van der Waals surface area (Å²) in [5, 5.41) is 16.4. The van der Waals surface area contributed by atoms with Gasteiger partial charge in [0.15, 0.2) is 0 Å². The second-order valence-corrected chi connectivity index (χ2v) is 9.29. The molecule has 5 rings (SSSR count). The number of carbonyl (C=O) groups is 1. The molecule has 0 radical (unpaired) electrons. The predicted molar refractivity (Wildman–Crippen MR) is 132 cm³/mol. The third-order valence-corrected chi connectivity index (χ3v) is 6.36. The molecule has 2 fully saturated rings. The molecular formula is C25H28ClFN6O. The summed E-state index contributed by atoms with van der Waals surface area (Å²) in [5.41, 5.74) is 3.13. The number of hydrogen-bond donors (Lipinski definition) is 3. The Labute approximate surface area is 203 Å². The monoisotopic (exact) mass is 482 g/mol. The van der Waals surface area contributed by atoms with Crippen LogP contribution in [0.4, 0.5) is 15.8 Å². The van der Waals surface area contributed by atoms with E-state index in [2.05, 4.69) is 38.5 Å². The second-order valence-electron chi connectivity index (χ2n) is 8.85. The summed E-state index contributed by atoms with van der Waals surface area (Å²) >= 11 is 5.72. The Balaban J connectivity index is 0.000000162. The number of aromatic nitrogens is 2. The highest BCUT2D eigenvalue weighted by Crippen LogP contribution is 2.32. The number of rotatable bonds is 3. The number of nitriles is 1. The lowest BCUT2D eigenvalue weighted by atomic mass is 9.98. The number of nitrogens with one attached hydrogen (secondary N) is 3. The SMILES string of the molecule is C[C@@H]1CCCN(c2c(C#N)cnc3[nH]ccc23)C1.O=C1NCCCC1Nc1cc(F)cc(Cl)c1. The smallest absolute Gasteiger partial charge is 0.242 e. The number of halogens is 2. The fourth-order valence-electron chi connectivity index (χ4n) is 4.56. The summed E-state index contributed by atoms with van der Waals surface area (Å²) in [5.74, 6) is 0.227. The quantitative estimate of drug-likeness (QED) is 0.496. The zero-order valence-corrected chi connectivity index (χ0v) is 19.8.